The summed E-state index contributed by atoms with van der Waals surface area (Å²) in [5, 5.41) is 6.08. The summed E-state index contributed by atoms with van der Waals surface area (Å²) in [6.45, 7) is 5.70. The number of amides is 2. The molecule has 154 valence electrons. The van der Waals surface area contributed by atoms with Gasteiger partial charge in [-0.1, -0.05) is 0 Å². The molecular weight excluding hydrogens is 384 g/mol. The maximum absolute atomic E-state index is 13.1. The second kappa shape index (κ2) is 8.02. The summed E-state index contributed by atoms with van der Waals surface area (Å²) < 4.78 is 0. The van der Waals surface area contributed by atoms with Crippen LogP contribution in [-0.2, 0) is 0 Å². The van der Waals surface area contributed by atoms with Crippen molar-refractivity contribution in [2.45, 2.75) is 20.3 Å². The number of hydrogen-bond acceptors (Lipinski definition) is 6. The van der Waals surface area contributed by atoms with Crippen molar-refractivity contribution in [3.8, 4) is 0 Å². The number of nitrogens with one attached hydrogen (secondary N) is 1. The van der Waals surface area contributed by atoms with Gasteiger partial charge in [-0.25, -0.2) is 15.1 Å². The summed E-state index contributed by atoms with van der Waals surface area (Å²) in [6, 6.07) is 8.05. The quantitative estimate of drug-likeness (QED) is 0.687. The molecule has 0 saturated carbocycles. The maximum Gasteiger partial charge on any atom is 0.274 e. The standard InChI is InChI=1S/C21H22N6O3/c1-13-14(2)23-18-12-15(4-5-16(18)22-13)20(29)26-8-3-9-27(11-10-26)21(30)17-6-7-19(28)25-24-17/h4-7,12H,3,8-11H2,1-2H3,(H,25,28). The van der Waals surface area contributed by atoms with Crippen molar-refractivity contribution >= 4 is 22.8 Å². The molecule has 4 rings (SSSR count). The van der Waals surface area contributed by atoms with Crippen LogP contribution in [0.5, 0.6) is 0 Å². The smallest absolute Gasteiger partial charge is 0.274 e. The van der Waals surface area contributed by atoms with Gasteiger partial charge in [-0.2, -0.15) is 5.10 Å². The Morgan fingerprint density at radius 3 is 2.20 bits per heavy atom. The summed E-state index contributed by atoms with van der Waals surface area (Å²) >= 11 is 0. The lowest BCUT2D eigenvalue weighted by molar-refractivity contribution is 0.0715. The van der Waals surface area contributed by atoms with Gasteiger partial charge in [0.15, 0.2) is 0 Å². The molecule has 2 aromatic heterocycles. The first-order valence-corrected chi connectivity index (χ1v) is 9.81. The van der Waals surface area contributed by atoms with Crippen molar-refractivity contribution in [2.75, 3.05) is 26.2 Å². The molecule has 2 amide bonds. The van der Waals surface area contributed by atoms with Gasteiger partial charge in [0.05, 0.1) is 22.4 Å². The van der Waals surface area contributed by atoms with Crippen LogP contribution in [0.25, 0.3) is 11.0 Å². The molecule has 0 unspecified atom stereocenters. The molecule has 0 aliphatic carbocycles. The molecular formula is C21H22N6O3. The van der Waals surface area contributed by atoms with Crippen LogP contribution < -0.4 is 5.56 Å². The zero-order valence-corrected chi connectivity index (χ0v) is 16.9. The molecule has 30 heavy (non-hydrogen) atoms. The monoisotopic (exact) mass is 406 g/mol. The SMILES string of the molecule is Cc1nc2ccc(C(=O)N3CCCN(C(=O)c4ccc(=O)[nH]n4)CC3)cc2nc1C. The molecule has 0 atom stereocenters. The van der Waals surface area contributed by atoms with Crippen molar-refractivity contribution in [3.05, 3.63) is 63.3 Å². The molecule has 0 radical (unpaired) electrons. The van der Waals surface area contributed by atoms with Crippen LogP contribution in [0.15, 0.2) is 35.1 Å². The number of rotatable bonds is 2. The molecule has 1 aliphatic heterocycles. The van der Waals surface area contributed by atoms with Crippen LogP contribution in [0.3, 0.4) is 0 Å². The Bertz CT molecular complexity index is 1170. The van der Waals surface area contributed by atoms with E-state index in [-0.39, 0.29) is 23.1 Å². The zero-order chi connectivity index (χ0) is 21.3. The summed E-state index contributed by atoms with van der Waals surface area (Å²) in [4.78, 5) is 49.3. The van der Waals surface area contributed by atoms with Crippen LogP contribution in [0.1, 0.15) is 38.7 Å². The van der Waals surface area contributed by atoms with E-state index in [4.69, 9.17) is 0 Å². The number of aromatic nitrogens is 4. The Kier molecular flexibility index (Phi) is 5.26. The minimum atomic E-state index is -0.357. The van der Waals surface area contributed by atoms with Gasteiger partial charge in [-0.15, -0.1) is 0 Å². The number of H-pyrrole nitrogens is 1. The lowest BCUT2D eigenvalue weighted by atomic mass is 10.1. The number of carbonyl (C=O) groups excluding carboxylic acids is 2. The van der Waals surface area contributed by atoms with Crippen LogP contribution >= 0.6 is 0 Å². The van der Waals surface area contributed by atoms with Crippen molar-refractivity contribution in [1.82, 2.24) is 30.0 Å². The molecule has 1 saturated heterocycles. The van der Waals surface area contributed by atoms with Gasteiger partial charge in [-0.3, -0.25) is 14.4 Å². The number of aromatic amines is 1. The largest absolute Gasteiger partial charge is 0.337 e. The average Bonchev–Trinajstić information content (AvgIpc) is 3.00. The number of fused-ring (bicyclic) bond motifs is 1. The Hall–Kier alpha value is -3.62. The molecule has 1 aliphatic rings. The van der Waals surface area contributed by atoms with Crippen LogP contribution in [0.2, 0.25) is 0 Å². The van der Waals surface area contributed by atoms with Crippen molar-refractivity contribution in [2.24, 2.45) is 0 Å². The number of nitrogens with zero attached hydrogens (tertiary/aromatic N) is 5. The summed E-state index contributed by atoms with van der Waals surface area (Å²) in [5.41, 5.74) is 3.55. The predicted molar refractivity (Wildman–Crippen MR) is 110 cm³/mol. The number of hydrogen-bond donors (Lipinski definition) is 1. The molecule has 0 bridgehead atoms. The fourth-order valence-electron chi connectivity index (χ4n) is 3.50. The third-order valence-electron chi connectivity index (χ3n) is 5.29. The highest BCUT2D eigenvalue weighted by Crippen LogP contribution is 2.17. The van der Waals surface area contributed by atoms with E-state index in [1.165, 1.54) is 12.1 Å². The first kappa shape index (κ1) is 19.7. The lowest BCUT2D eigenvalue weighted by Crippen LogP contribution is -2.37. The molecule has 3 aromatic rings. The van der Waals surface area contributed by atoms with E-state index < -0.39 is 0 Å². The van der Waals surface area contributed by atoms with Gasteiger partial charge in [-0.05, 0) is 44.5 Å². The van der Waals surface area contributed by atoms with Crippen LogP contribution in [0, 0.1) is 13.8 Å². The lowest BCUT2D eigenvalue weighted by Gasteiger charge is -2.22. The Morgan fingerprint density at radius 1 is 0.867 bits per heavy atom. The summed E-state index contributed by atoms with van der Waals surface area (Å²) in [5.74, 6) is -0.347. The first-order valence-electron chi connectivity index (χ1n) is 9.81. The Morgan fingerprint density at radius 2 is 1.53 bits per heavy atom. The van der Waals surface area contributed by atoms with E-state index >= 15 is 0 Å². The highest BCUT2D eigenvalue weighted by molar-refractivity contribution is 5.97. The second-order valence-electron chi connectivity index (χ2n) is 7.34. The molecule has 3 heterocycles. The fraction of sp³-hybridized carbons (Fsp3) is 0.333. The number of carbonyl (C=O) groups is 2. The maximum atomic E-state index is 13.1. The van der Waals surface area contributed by atoms with E-state index in [1.807, 2.05) is 19.9 Å². The fourth-order valence-corrected chi connectivity index (χ4v) is 3.50. The first-order chi connectivity index (χ1) is 14.4. The summed E-state index contributed by atoms with van der Waals surface area (Å²) in [6.07, 6.45) is 0.659. The normalized spacial score (nSPS) is 14.6. The van der Waals surface area contributed by atoms with E-state index in [2.05, 4.69) is 20.2 Å². The van der Waals surface area contributed by atoms with E-state index in [0.717, 1.165) is 16.9 Å². The average molecular weight is 406 g/mol. The minimum absolute atomic E-state index is 0.0895. The number of benzene rings is 1. The van der Waals surface area contributed by atoms with E-state index in [9.17, 15) is 14.4 Å². The highest BCUT2D eigenvalue weighted by Gasteiger charge is 2.24. The second-order valence-corrected chi connectivity index (χ2v) is 7.34. The van der Waals surface area contributed by atoms with Gasteiger partial charge in [0.2, 0.25) is 0 Å². The van der Waals surface area contributed by atoms with Crippen molar-refractivity contribution in [3.63, 3.8) is 0 Å². The van der Waals surface area contributed by atoms with Crippen LogP contribution in [-0.4, -0.2) is 68.0 Å². The van der Waals surface area contributed by atoms with Gasteiger partial charge in [0, 0.05) is 37.8 Å². The highest BCUT2D eigenvalue weighted by atomic mass is 16.2. The summed E-state index contributed by atoms with van der Waals surface area (Å²) in [7, 11) is 0. The third kappa shape index (κ3) is 3.91. The molecule has 1 N–H and O–H groups in total. The van der Waals surface area contributed by atoms with Gasteiger partial charge >= 0.3 is 0 Å². The van der Waals surface area contributed by atoms with Crippen molar-refractivity contribution in [1.29, 1.82) is 0 Å². The molecule has 9 nitrogen and oxygen atoms in total. The van der Waals surface area contributed by atoms with Gasteiger partial charge in [0.1, 0.15) is 5.69 Å². The molecule has 0 spiro atoms. The minimum Gasteiger partial charge on any atom is -0.337 e. The van der Waals surface area contributed by atoms with E-state index in [1.54, 1.807) is 21.9 Å². The third-order valence-corrected chi connectivity index (χ3v) is 5.29. The zero-order valence-electron chi connectivity index (χ0n) is 16.9. The van der Waals surface area contributed by atoms with Gasteiger partial charge in [0.25, 0.3) is 17.4 Å². The van der Waals surface area contributed by atoms with Crippen molar-refractivity contribution < 1.29 is 9.59 Å². The molecule has 9 heteroatoms. The van der Waals surface area contributed by atoms with Gasteiger partial charge < -0.3 is 9.80 Å². The molecule has 1 fully saturated rings. The molecule has 1 aromatic carbocycles. The Balaban J connectivity index is 1.48. The topological polar surface area (TPSA) is 112 Å². The van der Waals surface area contributed by atoms with Crippen LogP contribution in [0.4, 0.5) is 0 Å². The van der Waals surface area contributed by atoms with E-state index in [0.29, 0.717) is 43.7 Å². The number of aryl methyl sites for hydroxylation is 2. The predicted octanol–water partition coefficient (Wildman–Crippen LogP) is 1.32. The Labute approximate surface area is 172 Å².